The minimum Gasteiger partial charge on any atom is -0.421 e. The Morgan fingerprint density at radius 2 is 1.92 bits per heavy atom. The molecule has 3 rings (SSSR count). The number of nitrogens with one attached hydrogen (secondary N) is 1. The van der Waals surface area contributed by atoms with Crippen molar-refractivity contribution in [2.75, 3.05) is 6.54 Å². The topological polar surface area (TPSA) is 85.8 Å². The van der Waals surface area contributed by atoms with Crippen molar-refractivity contribution in [2.45, 2.75) is 27.3 Å². The van der Waals surface area contributed by atoms with Gasteiger partial charge in [0, 0.05) is 36.8 Å². The quantitative estimate of drug-likeness (QED) is 0.778. The molecule has 1 aromatic carbocycles. The molecular weight excluding hydrogens is 306 g/mol. The van der Waals surface area contributed by atoms with E-state index in [1.165, 1.54) is 0 Å². The first-order chi connectivity index (χ1) is 11.5. The number of aryl methyl sites for hydroxylation is 2. The second-order valence-electron chi connectivity index (χ2n) is 5.57. The van der Waals surface area contributed by atoms with E-state index < -0.39 is 0 Å². The molecule has 0 saturated carbocycles. The zero-order chi connectivity index (χ0) is 17.1. The zero-order valence-corrected chi connectivity index (χ0v) is 13.9. The van der Waals surface area contributed by atoms with Gasteiger partial charge in [-0.25, -0.2) is 4.98 Å². The van der Waals surface area contributed by atoms with E-state index in [0.29, 0.717) is 30.4 Å². The number of carbonyl (C=O) groups excluding carboxylic acids is 1. The monoisotopic (exact) mass is 325 g/mol. The molecule has 3 aromatic rings. The first-order valence-corrected chi connectivity index (χ1v) is 7.71. The van der Waals surface area contributed by atoms with Gasteiger partial charge < -0.3 is 14.3 Å². The van der Waals surface area contributed by atoms with E-state index in [-0.39, 0.29) is 5.91 Å². The summed E-state index contributed by atoms with van der Waals surface area (Å²) < 4.78 is 7.39. The Hall–Kier alpha value is -2.96. The lowest BCUT2D eigenvalue weighted by Crippen LogP contribution is -2.27. The van der Waals surface area contributed by atoms with Gasteiger partial charge in [0.25, 0.3) is 5.91 Å². The van der Waals surface area contributed by atoms with Crippen LogP contribution in [0.4, 0.5) is 0 Å². The average Bonchev–Trinajstić information content (AvgIpc) is 3.15. The lowest BCUT2D eigenvalue weighted by molar-refractivity contribution is 0.0952. The maximum atomic E-state index is 12.2. The summed E-state index contributed by atoms with van der Waals surface area (Å²) in [5.74, 6) is 0.847. The van der Waals surface area contributed by atoms with Crippen molar-refractivity contribution in [1.29, 1.82) is 0 Å². The molecule has 0 aliphatic rings. The lowest BCUT2D eigenvalue weighted by atomic mass is 10.1. The van der Waals surface area contributed by atoms with Gasteiger partial charge in [0.15, 0.2) is 0 Å². The molecule has 0 unspecified atom stereocenters. The van der Waals surface area contributed by atoms with E-state index in [1.54, 1.807) is 37.5 Å². The minimum absolute atomic E-state index is 0.113. The summed E-state index contributed by atoms with van der Waals surface area (Å²) in [6, 6.07) is 7.09. The fourth-order valence-corrected chi connectivity index (χ4v) is 2.34. The molecular formula is C17H19N5O2. The van der Waals surface area contributed by atoms with Gasteiger partial charge in [-0.05, 0) is 38.1 Å². The van der Waals surface area contributed by atoms with E-state index in [4.69, 9.17) is 4.42 Å². The largest absolute Gasteiger partial charge is 0.421 e. The third-order valence-corrected chi connectivity index (χ3v) is 3.90. The maximum absolute atomic E-state index is 12.2. The van der Waals surface area contributed by atoms with Crippen molar-refractivity contribution in [3.8, 4) is 11.5 Å². The van der Waals surface area contributed by atoms with E-state index >= 15 is 0 Å². The fourth-order valence-electron chi connectivity index (χ4n) is 2.34. The summed E-state index contributed by atoms with van der Waals surface area (Å²) in [4.78, 5) is 16.4. The van der Waals surface area contributed by atoms with Crippen LogP contribution >= 0.6 is 0 Å². The van der Waals surface area contributed by atoms with Crippen LogP contribution in [0.15, 0.2) is 35.0 Å². The van der Waals surface area contributed by atoms with Crippen LogP contribution in [0, 0.1) is 20.8 Å². The van der Waals surface area contributed by atoms with Gasteiger partial charge in [0.2, 0.25) is 11.8 Å². The molecule has 7 heteroatoms. The van der Waals surface area contributed by atoms with Gasteiger partial charge in [0.1, 0.15) is 0 Å². The van der Waals surface area contributed by atoms with Gasteiger partial charge in [-0.2, -0.15) is 0 Å². The summed E-state index contributed by atoms with van der Waals surface area (Å²) in [7, 11) is 0. The van der Waals surface area contributed by atoms with Crippen LogP contribution in [-0.2, 0) is 6.54 Å². The molecule has 0 atom stereocenters. The standard InChI is InChI=1S/C17H19N5O2/c1-11-12(2)22(10-19-11)9-8-18-16(23)14-4-6-15(7-5-14)17-21-20-13(3)24-17/h4-7,10H,8-9H2,1-3H3,(H,18,23). The lowest BCUT2D eigenvalue weighted by Gasteiger charge is -2.08. The van der Waals surface area contributed by atoms with Crippen LogP contribution < -0.4 is 5.32 Å². The van der Waals surface area contributed by atoms with Crippen LogP contribution in [0.25, 0.3) is 11.5 Å². The molecule has 0 aliphatic heterocycles. The Balaban J connectivity index is 1.58. The molecule has 2 aromatic heterocycles. The molecule has 0 saturated heterocycles. The average molecular weight is 325 g/mol. The highest BCUT2D eigenvalue weighted by atomic mass is 16.4. The number of benzene rings is 1. The Morgan fingerprint density at radius 1 is 1.17 bits per heavy atom. The fraction of sp³-hybridized carbons (Fsp3) is 0.294. The number of hydrogen-bond acceptors (Lipinski definition) is 5. The van der Waals surface area contributed by atoms with Gasteiger partial charge >= 0.3 is 0 Å². The summed E-state index contributed by atoms with van der Waals surface area (Å²) in [6.07, 6.45) is 1.79. The van der Waals surface area contributed by atoms with Crippen molar-refractivity contribution in [3.05, 3.63) is 53.4 Å². The number of aromatic nitrogens is 4. The number of rotatable bonds is 5. The molecule has 0 radical (unpaired) electrons. The van der Waals surface area contributed by atoms with Gasteiger partial charge in [-0.3, -0.25) is 4.79 Å². The third-order valence-electron chi connectivity index (χ3n) is 3.90. The Bertz CT molecular complexity index is 848. The maximum Gasteiger partial charge on any atom is 0.251 e. The van der Waals surface area contributed by atoms with Crippen molar-refractivity contribution in [2.24, 2.45) is 0 Å². The number of imidazole rings is 1. The molecule has 1 amide bonds. The first kappa shape index (κ1) is 15.9. The predicted octanol–water partition coefficient (Wildman–Crippen LogP) is 2.29. The summed E-state index contributed by atoms with van der Waals surface area (Å²) in [5, 5.41) is 10.7. The number of hydrogen-bond donors (Lipinski definition) is 1. The highest BCUT2D eigenvalue weighted by Crippen LogP contribution is 2.18. The summed E-state index contributed by atoms with van der Waals surface area (Å²) >= 11 is 0. The van der Waals surface area contributed by atoms with Crippen molar-refractivity contribution in [1.82, 2.24) is 25.1 Å². The molecule has 0 spiro atoms. The van der Waals surface area contributed by atoms with Crippen LogP contribution in [-0.4, -0.2) is 32.2 Å². The molecule has 2 heterocycles. The number of amides is 1. The predicted molar refractivity (Wildman–Crippen MR) is 88.5 cm³/mol. The SMILES string of the molecule is Cc1nnc(-c2ccc(C(=O)NCCn3cnc(C)c3C)cc2)o1. The molecule has 124 valence electrons. The van der Waals surface area contributed by atoms with Crippen LogP contribution in [0.2, 0.25) is 0 Å². The van der Waals surface area contributed by atoms with Crippen LogP contribution in [0.3, 0.4) is 0 Å². The second kappa shape index (κ2) is 6.66. The normalized spacial score (nSPS) is 10.8. The van der Waals surface area contributed by atoms with Crippen molar-refractivity contribution < 1.29 is 9.21 Å². The summed E-state index contributed by atoms with van der Waals surface area (Å²) in [5.41, 5.74) is 3.50. The van der Waals surface area contributed by atoms with Gasteiger partial charge in [-0.15, -0.1) is 10.2 Å². The van der Waals surface area contributed by atoms with E-state index in [9.17, 15) is 4.79 Å². The Kier molecular flexibility index (Phi) is 4.41. The van der Waals surface area contributed by atoms with Gasteiger partial charge in [-0.1, -0.05) is 0 Å². The van der Waals surface area contributed by atoms with Crippen molar-refractivity contribution >= 4 is 5.91 Å². The Morgan fingerprint density at radius 3 is 2.50 bits per heavy atom. The molecule has 24 heavy (non-hydrogen) atoms. The van der Waals surface area contributed by atoms with E-state index in [1.807, 2.05) is 18.4 Å². The molecule has 0 aliphatic carbocycles. The molecule has 0 bridgehead atoms. The molecule has 1 N–H and O–H groups in total. The minimum atomic E-state index is -0.113. The number of nitrogens with zero attached hydrogens (tertiary/aromatic N) is 4. The van der Waals surface area contributed by atoms with E-state index in [2.05, 4.69) is 20.5 Å². The van der Waals surface area contributed by atoms with Gasteiger partial charge in [0.05, 0.1) is 12.0 Å². The smallest absolute Gasteiger partial charge is 0.251 e. The summed E-state index contributed by atoms with van der Waals surface area (Å²) in [6.45, 7) is 6.96. The number of carbonyl (C=O) groups is 1. The third kappa shape index (κ3) is 3.34. The van der Waals surface area contributed by atoms with E-state index in [0.717, 1.165) is 17.0 Å². The molecule has 0 fully saturated rings. The highest BCUT2D eigenvalue weighted by molar-refractivity contribution is 5.94. The molecule has 7 nitrogen and oxygen atoms in total. The zero-order valence-electron chi connectivity index (χ0n) is 13.9. The van der Waals surface area contributed by atoms with Crippen LogP contribution in [0.1, 0.15) is 27.6 Å². The van der Waals surface area contributed by atoms with Crippen LogP contribution in [0.5, 0.6) is 0 Å². The van der Waals surface area contributed by atoms with Crippen molar-refractivity contribution in [3.63, 3.8) is 0 Å². The highest BCUT2D eigenvalue weighted by Gasteiger charge is 2.09. The first-order valence-electron chi connectivity index (χ1n) is 7.71. The Labute approximate surface area is 139 Å². The second-order valence-corrected chi connectivity index (χ2v) is 5.57.